The summed E-state index contributed by atoms with van der Waals surface area (Å²) in [5.74, 6) is 1.62. The lowest BCUT2D eigenvalue weighted by Gasteiger charge is -2.38. The Hall–Kier alpha value is -0.763. The van der Waals surface area contributed by atoms with Crippen molar-refractivity contribution in [2.45, 2.75) is 58.7 Å². The molecule has 1 nitrogen and oxygen atoms in total. The monoisotopic (exact) mass is 264 g/mol. The number of hydrogen-bond donors (Lipinski definition) is 0. The van der Waals surface area contributed by atoms with Crippen LogP contribution in [0.5, 0.6) is 0 Å². The van der Waals surface area contributed by atoms with E-state index < -0.39 is 8.32 Å². The highest BCUT2D eigenvalue weighted by Crippen LogP contribution is 2.40. The van der Waals surface area contributed by atoms with Gasteiger partial charge in [-0.05, 0) is 42.1 Å². The van der Waals surface area contributed by atoms with Crippen LogP contribution in [0.4, 0.5) is 0 Å². The van der Waals surface area contributed by atoms with Gasteiger partial charge < -0.3 is 4.43 Å². The van der Waals surface area contributed by atoms with Gasteiger partial charge in [0.25, 0.3) is 8.32 Å². The molecule has 0 spiro atoms. The fourth-order valence-electron chi connectivity index (χ4n) is 2.71. The third-order valence-corrected chi connectivity index (χ3v) is 9.68. The Kier molecular flexibility index (Phi) is 5.03. The van der Waals surface area contributed by atoms with Gasteiger partial charge >= 0.3 is 0 Å². The summed E-state index contributed by atoms with van der Waals surface area (Å²) in [5.41, 5.74) is 2.60. The molecule has 0 saturated heterocycles. The van der Waals surface area contributed by atoms with Crippen molar-refractivity contribution >= 4 is 8.32 Å². The van der Waals surface area contributed by atoms with Crippen molar-refractivity contribution in [2.75, 3.05) is 0 Å². The molecule has 1 aliphatic carbocycles. The minimum absolute atomic E-state index is 0.523. The minimum atomic E-state index is -1.81. The van der Waals surface area contributed by atoms with Crippen LogP contribution in [0.25, 0.3) is 0 Å². The van der Waals surface area contributed by atoms with E-state index in [9.17, 15) is 0 Å². The highest BCUT2D eigenvalue weighted by molar-refractivity contribution is 6.77. The zero-order valence-corrected chi connectivity index (χ0v) is 13.8. The zero-order valence-electron chi connectivity index (χ0n) is 12.8. The van der Waals surface area contributed by atoms with Gasteiger partial charge in [0.2, 0.25) is 0 Å². The molecular weight excluding hydrogens is 236 g/mol. The third-order valence-electron chi connectivity index (χ3n) is 4.23. The van der Waals surface area contributed by atoms with E-state index in [0.717, 1.165) is 11.8 Å². The van der Waals surface area contributed by atoms with Crippen LogP contribution in [0.15, 0.2) is 36.1 Å². The lowest BCUT2D eigenvalue weighted by Crippen LogP contribution is -2.43. The van der Waals surface area contributed by atoms with Gasteiger partial charge in [-0.2, -0.15) is 0 Å². The predicted octanol–water partition coefficient (Wildman–Crippen LogP) is 5.43. The lowest BCUT2D eigenvalue weighted by atomic mass is 10.1. The Morgan fingerprint density at radius 3 is 2.22 bits per heavy atom. The maximum Gasteiger partial charge on any atom is 0.259 e. The predicted molar refractivity (Wildman–Crippen MR) is 83.0 cm³/mol. The van der Waals surface area contributed by atoms with Crippen LogP contribution in [0, 0.1) is 5.92 Å². The Morgan fingerprint density at radius 2 is 1.89 bits per heavy atom. The molecular formula is C16H28OSi. The van der Waals surface area contributed by atoms with Crippen LogP contribution in [0.1, 0.15) is 41.5 Å². The Morgan fingerprint density at radius 1 is 1.33 bits per heavy atom. The molecule has 0 bridgehead atoms. The number of allylic oxidation sites excluding steroid dienone is 4. The molecule has 0 aromatic carbocycles. The van der Waals surface area contributed by atoms with E-state index >= 15 is 0 Å². The molecule has 0 radical (unpaired) electrons. The molecule has 0 amide bonds. The largest absolute Gasteiger partial charge is 0.543 e. The molecule has 0 aromatic rings. The quantitative estimate of drug-likeness (QED) is 0.459. The average molecular weight is 264 g/mol. The second-order valence-electron chi connectivity index (χ2n) is 6.11. The molecule has 1 aliphatic rings. The Labute approximate surface area is 114 Å². The molecule has 0 N–H and O–H groups in total. The Bertz CT molecular complexity index is 355. The standard InChI is InChI=1S/C16H28OSi/c1-8-9-18(12(2)3,13(4)5)17-16-10-14(6)15(7)11-16/h8,10-14H,1,9H2,2-7H3. The summed E-state index contributed by atoms with van der Waals surface area (Å²) in [4.78, 5) is 0. The summed E-state index contributed by atoms with van der Waals surface area (Å²) in [6, 6.07) is 1.03. The summed E-state index contributed by atoms with van der Waals surface area (Å²) < 4.78 is 6.56. The third kappa shape index (κ3) is 2.97. The molecule has 1 rings (SSSR count). The molecule has 102 valence electrons. The first-order valence-corrected chi connectivity index (χ1v) is 9.30. The summed E-state index contributed by atoms with van der Waals surface area (Å²) in [6.07, 6.45) is 6.51. The molecule has 0 saturated carbocycles. The van der Waals surface area contributed by atoms with Crippen molar-refractivity contribution in [3.63, 3.8) is 0 Å². The summed E-state index contributed by atoms with van der Waals surface area (Å²) in [5, 5.41) is 0. The fourth-order valence-corrected chi connectivity index (χ4v) is 6.55. The number of rotatable bonds is 6. The first kappa shape index (κ1) is 15.3. The second kappa shape index (κ2) is 5.92. The van der Waals surface area contributed by atoms with E-state index in [1.165, 1.54) is 5.57 Å². The Balaban J connectivity index is 2.99. The normalized spacial score (nSPS) is 20.1. The van der Waals surface area contributed by atoms with Crippen LogP contribution in [0.2, 0.25) is 17.1 Å². The van der Waals surface area contributed by atoms with Crippen LogP contribution >= 0.6 is 0 Å². The lowest BCUT2D eigenvalue weighted by molar-refractivity contribution is 0.401. The van der Waals surface area contributed by atoms with Gasteiger partial charge in [-0.3, -0.25) is 0 Å². The smallest absolute Gasteiger partial charge is 0.259 e. The SMILES string of the molecule is C=CC[Si](OC1=CC(C)C(C)=C1)(C(C)C)C(C)C. The zero-order chi connectivity index (χ0) is 13.9. The first-order valence-electron chi connectivity index (χ1n) is 7.03. The van der Waals surface area contributed by atoms with E-state index in [-0.39, 0.29) is 0 Å². The van der Waals surface area contributed by atoms with Gasteiger partial charge in [0.15, 0.2) is 0 Å². The molecule has 2 heteroatoms. The number of hydrogen-bond acceptors (Lipinski definition) is 1. The van der Waals surface area contributed by atoms with Crippen molar-refractivity contribution in [1.82, 2.24) is 0 Å². The van der Waals surface area contributed by atoms with Gasteiger partial charge in [-0.25, -0.2) is 0 Å². The van der Waals surface area contributed by atoms with Crippen LogP contribution in [-0.4, -0.2) is 8.32 Å². The highest BCUT2D eigenvalue weighted by Gasteiger charge is 2.43. The summed E-state index contributed by atoms with van der Waals surface area (Å²) in [7, 11) is -1.81. The molecule has 0 fully saturated rings. The van der Waals surface area contributed by atoms with E-state index in [0.29, 0.717) is 17.0 Å². The maximum atomic E-state index is 6.56. The van der Waals surface area contributed by atoms with Gasteiger partial charge in [-0.15, -0.1) is 6.58 Å². The van der Waals surface area contributed by atoms with Gasteiger partial charge in [0.05, 0.1) is 5.76 Å². The molecule has 1 unspecified atom stereocenters. The fraction of sp³-hybridized carbons (Fsp3) is 0.625. The minimum Gasteiger partial charge on any atom is -0.543 e. The van der Waals surface area contributed by atoms with Gasteiger partial charge in [0, 0.05) is 0 Å². The van der Waals surface area contributed by atoms with E-state index in [4.69, 9.17) is 4.43 Å². The van der Waals surface area contributed by atoms with Crippen molar-refractivity contribution in [1.29, 1.82) is 0 Å². The molecule has 0 aromatic heterocycles. The summed E-state index contributed by atoms with van der Waals surface area (Å²) >= 11 is 0. The van der Waals surface area contributed by atoms with Crippen LogP contribution < -0.4 is 0 Å². The molecule has 18 heavy (non-hydrogen) atoms. The van der Waals surface area contributed by atoms with E-state index in [2.05, 4.69) is 60.3 Å². The van der Waals surface area contributed by atoms with Crippen LogP contribution in [0.3, 0.4) is 0 Å². The molecule has 1 atom stereocenters. The maximum absolute atomic E-state index is 6.56. The molecule has 0 aliphatic heterocycles. The van der Waals surface area contributed by atoms with Crippen molar-refractivity contribution in [2.24, 2.45) is 5.92 Å². The average Bonchev–Trinajstić information content (AvgIpc) is 2.56. The topological polar surface area (TPSA) is 9.23 Å². The van der Waals surface area contributed by atoms with Gasteiger partial charge in [0.1, 0.15) is 0 Å². The van der Waals surface area contributed by atoms with Crippen molar-refractivity contribution in [3.05, 3.63) is 36.1 Å². The van der Waals surface area contributed by atoms with Crippen molar-refractivity contribution in [3.8, 4) is 0 Å². The van der Waals surface area contributed by atoms with Crippen molar-refractivity contribution < 1.29 is 4.43 Å². The molecule has 0 heterocycles. The van der Waals surface area contributed by atoms with E-state index in [1.807, 2.05) is 6.08 Å². The van der Waals surface area contributed by atoms with Gasteiger partial charge in [-0.1, -0.05) is 46.3 Å². The van der Waals surface area contributed by atoms with Crippen LogP contribution in [-0.2, 0) is 4.43 Å². The highest BCUT2D eigenvalue weighted by atomic mass is 28.4. The first-order chi connectivity index (χ1) is 8.33. The summed E-state index contributed by atoms with van der Waals surface area (Å²) in [6.45, 7) is 17.5. The van der Waals surface area contributed by atoms with E-state index in [1.54, 1.807) is 0 Å². The second-order valence-corrected chi connectivity index (χ2v) is 10.9.